The first-order chi connectivity index (χ1) is 11.5. The van der Waals surface area contributed by atoms with E-state index in [4.69, 9.17) is 0 Å². The fourth-order valence-corrected chi connectivity index (χ4v) is 3.32. The Morgan fingerprint density at radius 2 is 1.88 bits per heavy atom. The van der Waals surface area contributed by atoms with Crippen LogP contribution in [0.3, 0.4) is 0 Å². The molecule has 5 nitrogen and oxygen atoms in total. The lowest BCUT2D eigenvalue weighted by atomic mass is 10.2. The highest BCUT2D eigenvalue weighted by Gasteiger charge is 2.16. The van der Waals surface area contributed by atoms with Crippen molar-refractivity contribution < 1.29 is 0 Å². The van der Waals surface area contributed by atoms with E-state index in [1.54, 1.807) is 10.8 Å². The summed E-state index contributed by atoms with van der Waals surface area (Å²) < 4.78 is 2.89. The molecule has 0 N–H and O–H groups in total. The molecule has 0 bridgehead atoms. The summed E-state index contributed by atoms with van der Waals surface area (Å²) in [6, 6.07) is 9.48. The first-order valence-corrected chi connectivity index (χ1v) is 8.67. The first kappa shape index (κ1) is 16.4. The van der Waals surface area contributed by atoms with Crippen molar-refractivity contribution in [1.29, 1.82) is 0 Å². The molecule has 0 amide bonds. The molecule has 3 rings (SSSR count). The Kier molecular flexibility index (Phi) is 4.49. The van der Waals surface area contributed by atoms with Gasteiger partial charge in [-0.2, -0.15) is 0 Å². The molecule has 0 saturated carbocycles. The van der Waals surface area contributed by atoms with Gasteiger partial charge in [0.2, 0.25) is 0 Å². The molecule has 2 aromatic heterocycles. The van der Waals surface area contributed by atoms with Crippen LogP contribution in [0.4, 0.5) is 0 Å². The summed E-state index contributed by atoms with van der Waals surface area (Å²) in [6.07, 6.45) is 1.63. The number of hydrogen-bond donors (Lipinski definition) is 0. The first-order valence-electron chi connectivity index (χ1n) is 7.80. The number of benzene rings is 1. The van der Waals surface area contributed by atoms with Crippen LogP contribution >= 0.6 is 11.3 Å². The van der Waals surface area contributed by atoms with Gasteiger partial charge >= 0.3 is 5.69 Å². The molecule has 24 heavy (non-hydrogen) atoms. The molecule has 0 aliphatic carbocycles. The SMILES string of the molecule is Cc1csc(-c2cn(C(C)C)c(=O)n(Cc3ccccc3)c2=O)n1. The maximum atomic E-state index is 12.9. The zero-order chi connectivity index (χ0) is 17.3. The van der Waals surface area contributed by atoms with Gasteiger partial charge in [0.05, 0.1) is 12.1 Å². The van der Waals surface area contributed by atoms with Crippen molar-refractivity contribution in [3.63, 3.8) is 0 Å². The second-order valence-electron chi connectivity index (χ2n) is 6.00. The Morgan fingerprint density at radius 1 is 1.17 bits per heavy atom. The van der Waals surface area contributed by atoms with Crippen LogP contribution in [-0.4, -0.2) is 14.1 Å². The van der Waals surface area contributed by atoms with Crippen LogP contribution in [0.15, 0.2) is 51.5 Å². The van der Waals surface area contributed by atoms with E-state index >= 15 is 0 Å². The Morgan fingerprint density at radius 3 is 2.46 bits per heavy atom. The van der Waals surface area contributed by atoms with Crippen molar-refractivity contribution in [3.8, 4) is 10.6 Å². The van der Waals surface area contributed by atoms with Crippen LogP contribution in [0, 0.1) is 6.92 Å². The number of hydrogen-bond acceptors (Lipinski definition) is 4. The average Bonchev–Trinajstić information content (AvgIpc) is 2.98. The van der Waals surface area contributed by atoms with Gasteiger partial charge in [-0.15, -0.1) is 11.3 Å². The zero-order valence-electron chi connectivity index (χ0n) is 13.9. The largest absolute Gasteiger partial charge is 0.331 e. The minimum Gasteiger partial charge on any atom is -0.297 e. The van der Waals surface area contributed by atoms with E-state index in [0.29, 0.717) is 10.6 Å². The second kappa shape index (κ2) is 6.57. The van der Waals surface area contributed by atoms with E-state index in [2.05, 4.69) is 4.98 Å². The molecular weight excluding hydrogens is 322 g/mol. The minimum absolute atomic E-state index is 0.0417. The standard InChI is InChI=1S/C18H19N3O2S/c1-12(2)20-10-15(16-19-13(3)11-24-16)17(22)21(18(20)23)9-14-7-5-4-6-8-14/h4-8,10-12H,9H2,1-3H3. The molecule has 0 radical (unpaired) electrons. The lowest BCUT2D eigenvalue weighted by Gasteiger charge is -2.15. The molecule has 0 fully saturated rings. The third kappa shape index (κ3) is 3.10. The van der Waals surface area contributed by atoms with Crippen LogP contribution < -0.4 is 11.2 Å². The highest BCUT2D eigenvalue weighted by molar-refractivity contribution is 7.13. The second-order valence-corrected chi connectivity index (χ2v) is 6.86. The van der Waals surface area contributed by atoms with Crippen molar-refractivity contribution >= 4 is 11.3 Å². The van der Waals surface area contributed by atoms with E-state index < -0.39 is 0 Å². The van der Waals surface area contributed by atoms with Crippen LogP contribution in [0.25, 0.3) is 10.6 Å². The summed E-state index contributed by atoms with van der Waals surface area (Å²) in [5.41, 5.74) is 1.66. The topological polar surface area (TPSA) is 56.9 Å². The smallest absolute Gasteiger partial charge is 0.297 e. The van der Waals surface area contributed by atoms with Gasteiger partial charge in [0.25, 0.3) is 5.56 Å². The fourth-order valence-electron chi connectivity index (χ4n) is 2.52. The highest BCUT2D eigenvalue weighted by atomic mass is 32.1. The average molecular weight is 341 g/mol. The summed E-state index contributed by atoms with van der Waals surface area (Å²) in [5.74, 6) is 0. The van der Waals surface area contributed by atoms with Crippen molar-refractivity contribution in [3.05, 3.63) is 74.0 Å². The lowest BCUT2D eigenvalue weighted by molar-refractivity contribution is 0.522. The van der Waals surface area contributed by atoms with E-state index in [1.807, 2.05) is 56.5 Å². The Hall–Kier alpha value is -2.47. The Labute approximate surface area is 143 Å². The summed E-state index contributed by atoms with van der Waals surface area (Å²) >= 11 is 1.42. The van der Waals surface area contributed by atoms with Crippen LogP contribution in [-0.2, 0) is 6.54 Å². The van der Waals surface area contributed by atoms with E-state index in [9.17, 15) is 9.59 Å². The van der Waals surface area contributed by atoms with Crippen molar-refractivity contribution in [2.75, 3.05) is 0 Å². The van der Waals surface area contributed by atoms with Gasteiger partial charge < -0.3 is 0 Å². The molecule has 0 atom stereocenters. The van der Waals surface area contributed by atoms with E-state index in [-0.39, 0.29) is 23.8 Å². The monoisotopic (exact) mass is 341 g/mol. The number of aryl methyl sites for hydroxylation is 1. The van der Waals surface area contributed by atoms with Gasteiger partial charge in [-0.1, -0.05) is 30.3 Å². The number of aromatic nitrogens is 3. The molecular formula is C18H19N3O2S. The molecule has 1 aromatic carbocycles. The third-order valence-corrected chi connectivity index (χ3v) is 4.78. The number of thiazole rings is 1. The number of nitrogens with zero attached hydrogens (tertiary/aromatic N) is 3. The van der Waals surface area contributed by atoms with Gasteiger partial charge in [-0.05, 0) is 26.3 Å². The normalized spacial score (nSPS) is 11.2. The predicted octanol–water partition coefficient (Wildman–Crippen LogP) is 3.07. The maximum absolute atomic E-state index is 12.9. The summed E-state index contributed by atoms with van der Waals surface area (Å²) in [7, 11) is 0. The van der Waals surface area contributed by atoms with Crippen molar-refractivity contribution in [2.45, 2.75) is 33.4 Å². The minimum atomic E-state index is -0.296. The third-order valence-electron chi connectivity index (χ3n) is 3.78. The molecule has 0 spiro atoms. The van der Waals surface area contributed by atoms with E-state index in [1.165, 1.54) is 15.9 Å². The molecule has 0 aliphatic heterocycles. The molecule has 0 saturated heterocycles. The van der Waals surface area contributed by atoms with Crippen molar-refractivity contribution in [1.82, 2.24) is 14.1 Å². The Bertz CT molecular complexity index is 968. The molecule has 0 unspecified atom stereocenters. The molecule has 124 valence electrons. The Balaban J connectivity index is 2.22. The van der Waals surface area contributed by atoms with Gasteiger partial charge in [-0.3, -0.25) is 13.9 Å². The molecule has 0 aliphatic rings. The van der Waals surface area contributed by atoms with Crippen LogP contribution in [0.1, 0.15) is 31.1 Å². The molecule has 2 heterocycles. The number of rotatable bonds is 4. The van der Waals surface area contributed by atoms with Crippen LogP contribution in [0.2, 0.25) is 0 Å². The zero-order valence-corrected chi connectivity index (χ0v) is 14.7. The van der Waals surface area contributed by atoms with E-state index in [0.717, 1.165) is 11.3 Å². The summed E-state index contributed by atoms with van der Waals surface area (Å²) in [4.78, 5) is 30.0. The maximum Gasteiger partial charge on any atom is 0.331 e. The quantitative estimate of drug-likeness (QED) is 0.733. The predicted molar refractivity (Wildman–Crippen MR) is 96.7 cm³/mol. The van der Waals surface area contributed by atoms with Gasteiger partial charge in [-0.25, -0.2) is 9.78 Å². The molecule has 6 heteroatoms. The van der Waals surface area contributed by atoms with Gasteiger partial charge in [0.15, 0.2) is 0 Å². The fraction of sp³-hybridized carbons (Fsp3) is 0.278. The van der Waals surface area contributed by atoms with Crippen molar-refractivity contribution in [2.24, 2.45) is 0 Å². The summed E-state index contributed by atoms with van der Waals surface area (Å²) in [6.45, 7) is 6.00. The van der Waals surface area contributed by atoms with Gasteiger partial charge in [0.1, 0.15) is 5.01 Å². The van der Waals surface area contributed by atoms with Crippen LogP contribution in [0.5, 0.6) is 0 Å². The lowest BCUT2D eigenvalue weighted by Crippen LogP contribution is -2.41. The highest BCUT2D eigenvalue weighted by Crippen LogP contribution is 2.20. The molecule has 3 aromatic rings. The van der Waals surface area contributed by atoms with Gasteiger partial charge in [0, 0.05) is 23.3 Å². The summed E-state index contributed by atoms with van der Waals surface area (Å²) in [5, 5.41) is 2.55.